The number of halogens is 4. The first kappa shape index (κ1) is 124. The third-order valence-electron chi connectivity index (χ3n) is 30.3. The van der Waals surface area contributed by atoms with Crippen LogP contribution in [-0.4, -0.2) is 221 Å². The van der Waals surface area contributed by atoms with Crippen molar-refractivity contribution < 1.29 is 132 Å². The minimum Gasteiger partial charge on any atom is -0.867 e. The Hall–Kier alpha value is -10.8. The standard InChI is InChI=1S/8C14H20NO.4BFO2/c8*1-6-15-10(2)14(3,4)12-9-11(16-5)7-8-13(12)15;4*2-1(3)4/h8*7-9H,6H2,1-5H3;;;;/q8*+1;4*-2. The van der Waals surface area contributed by atoms with Crippen LogP contribution in [0.3, 0.4) is 0 Å². The molecule has 0 fully saturated rings. The zero-order valence-corrected chi connectivity index (χ0v) is 93.4. The van der Waals surface area contributed by atoms with Crippen LogP contribution in [0.5, 0.6) is 46.0 Å². The maximum atomic E-state index is 9.89. The zero-order valence-electron chi connectivity index (χ0n) is 93.4. The summed E-state index contributed by atoms with van der Waals surface area (Å²) in [5, 5.41) is 66.4. The first-order valence-corrected chi connectivity index (χ1v) is 49.3. The predicted molar refractivity (Wildman–Crippen MR) is 565 cm³/mol. The molecule has 0 atom stereocenters. The molecule has 0 saturated carbocycles. The Morgan fingerprint density at radius 1 is 0.188 bits per heavy atom. The van der Waals surface area contributed by atoms with Crippen molar-refractivity contribution in [1.82, 2.24) is 0 Å². The Kier molecular flexibility index (Phi) is 44.6. The molecular weight excluding hydrogens is 1830 g/mol. The van der Waals surface area contributed by atoms with Gasteiger partial charge < -0.3 is 95.3 Å². The van der Waals surface area contributed by atoms with Crippen molar-refractivity contribution in [1.29, 1.82) is 0 Å². The zero-order chi connectivity index (χ0) is 110. The molecule has 784 valence electrons. The van der Waals surface area contributed by atoms with Crippen LogP contribution in [-0.2, 0) is 43.3 Å². The topological polar surface area (TPSA) is 282 Å². The van der Waals surface area contributed by atoms with Gasteiger partial charge in [0.15, 0.2) is 45.7 Å². The second-order valence-electron chi connectivity index (χ2n) is 39.8. The third kappa shape index (κ3) is 27.3. The van der Waals surface area contributed by atoms with Gasteiger partial charge in [-0.15, -0.1) is 0 Å². The molecule has 8 aromatic rings. The van der Waals surface area contributed by atoms with Gasteiger partial charge in [-0.25, -0.2) is 0 Å². The Bertz CT molecular complexity index is 4990. The van der Waals surface area contributed by atoms with E-state index in [2.05, 4.69) is 355 Å². The van der Waals surface area contributed by atoms with Gasteiger partial charge in [0.2, 0.25) is 45.5 Å². The van der Waals surface area contributed by atoms with Crippen LogP contribution in [0, 0.1) is 0 Å². The van der Waals surface area contributed by atoms with E-state index in [1.165, 1.54) is 136 Å². The number of hydrogen-bond acceptors (Lipinski definition) is 16. The lowest BCUT2D eigenvalue weighted by Gasteiger charge is -2.15. The highest BCUT2D eigenvalue weighted by molar-refractivity contribution is 6.28. The first-order valence-electron chi connectivity index (χ1n) is 49.3. The lowest BCUT2D eigenvalue weighted by atomic mass is 9.82. The van der Waals surface area contributed by atoms with Crippen LogP contribution < -0.4 is 78.1 Å². The largest absolute Gasteiger partial charge is 0.867 e. The molecule has 8 aliphatic rings. The van der Waals surface area contributed by atoms with Gasteiger partial charge in [-0.3, -0.25) is 0 Å². The van der Waals surface area contributed by atoms with Gasteiger partial charge in [0.1, 0.15) is 128 Å². The normalized spacial score (nSPS) is 16.4. The number of benzene rings is 8. The molecular formula is C112H160B4F4N8O16. The van der Waals surface area contributed by atoms with E-state index in [9.17, 15) is 17.3 Å². The first-order chi connectivity index (χ1) is 67.1. The molecule has 0 radical (unpaired) electrons. The third-order valence-corrected chi connectivity index (χ3v) is 30.3. The molecule has 16 rings (SSSR count). The van der Waals surface area contributed by atoms with Crippen molar-refractivity contribution in [2.75, 3.05) is 109 Å². The van der Waals surface area contributed by atoms with E-state index in [0.29, 0.717) is 0 Å². The number of methoxy groups -OCH3 is 8. The van der Waals surface area contributed by atoms with E-state index < -0.39 is 29.6 Å². The smallest absolute Gasteiger partial charge is 0.209 e. The van der Waals surface area contributed by atoms with E-state index in [1.807, 2.05) is 48.5 Å². The lowest BCUT2D eigenvalue weighted by Crippen LogP contribution is -2.39. The van der Waals surface area contributed by atoms with Gasteiger partial charge >= 0.3 is 0 Å². The summed E-state index contributed by atoms with van der Waals surface area (Å²) in [5.41, 5.74) is 33.7. The maximum absolute atomic E-state index is 9.89. The minimum absolute atomic E-state index is 0.111. The van der Waals surface area contributed by atoms with Gasteiger partial charge in [0.05, 0.1) is 100 Å². The van der Waals surface area contributed by atoms with Gasteiger partial charge in [0, 0.05) is 148 Å². The van der Waals surface area contributed by atoms with Crippen molar-refractivity contribution in [2.24, 2.45) is 0 Å². The van der Waals surface area contributed by atoms with E-state index in [0.717, 1.165) is 98.4 Å². The highest BCUT2D eigenvalue weighted by atomic mass is 19.1. The summed E-state index contributed by atoms with van der Waals surface area (Å²) in [6.45, 7) is 79.9. The van der Waals surface area contributed by atoms with Crippen molar-refractivity contribution in [3.8, 4) is 46.0 Å². The van der Waals surface area contributed by atoms with Crippen LogP contribution in [0.1, 0.15) is 266 Å². The fraction of sp³-hybridized carbons (Fsp3) is 0.500. The van der Waals surface area contributed by atoms with Crippen LogP contribution in [0.4, 0.5) is 62.8 Å². The maximum Gasteiger partial charge on any atom is 0.209 e. The highest BCUT2D eigenvalue weighted by Crippen LogP contribution is 2.49. The molecule has 0 N–H and O–H groups in total. The van der Waals surface area contributed by atoms with Crippen molar-refractivity contribution in [3.63, 3.8) is 0 Å². The quantitative estimate of drug-likeness (QED) is 0.0493. The summed E-state index contributed by atoms with van der Waals surface area (Å²) < 4.78 is 101. The van der Waals surface area contributed by atoms with Crippen LogP contribution in [0.15, 0.2) is 146 Å². The van der Waals surface area contributed by atoms with Crippen LogP contribution in [0.2, 0.25) is 0 Å². The molecule has 0 aliphatic carbocycles. The van der Waals surface area contributed by atoms with Crippen LogP contribution >= 0.6 is 0 Å². The van der Waals surface area contributed by atoms with Gasteiger partial charge in [-0.05, 0) is 263 Å². The molecule has 0 amide bonds. The van der Waals surface area contributed by atoms with E-state index >= 15 is 0 Å². The fourth-order valence-corrected chi connectivity index (χ4v) is 20.0. The SMILES string of the molecule is CC[N+]1=C(C)C(C)(C)c2cc(OC)ccc21.CC[N+]1=C(C)C(C)(C)c2cc(OC)ccc21.CC[N+]1=C(C)C(C)(C)c2cc(OC)ccc21.CC[N+]1=C(C)C(C)(C)c2cc(OC)ccc21.CC[N+]1=C(C)C(C)(C)c2cc(OC)ccc21.CC[N+]1=C(C)C(C)(C)c2cc(OC)ccc21.CC[N+]1=C(C)C(C)(C)c2cc(OC)ccc21.CC[N+]1=C(C)C(C)(C)c2cc(OC)ccc21.[O-]B([O-])F.[O-]B([O-])F.[O-]B([O-])F.[O-]B([O-])F. The number of ether oxygens (including phenoxy) is 8. The average molecular weight is 1990 g/mol. The molecule has 24 nitrogen and oxygen atoms in total. The molecule has 144 heavy (non-hydrogen) atoms. The summed E-state index contributed by atoms with van der Waals surface area (Å²) in [6, 6.07) is 50.9. The highest BCUT2D eigenvalue weighted by Gasteiger charge is 2.50. The summed E-state index contributed by atoms with van der Waals surface area (Å²) in [5.74, 6) is 7.54. The molecule has 8 aromatic carbocycles. The average Bonchev–Trinajstić information content (AvgIpc) is 1.65. The Labute approximate surface area is 858 Å². The number of rotatable bonds is 16. The molecule has 8 aliphatic heterocycles. The molecule has 32 heteroatoms. The molecule has 0 unspecified atom stereocenters. The molecule has 0 bridgehead atoms. The second kappa shape index (κ2) is 52.0. The number of hydrogen-bond donors (Lipinski definition) is 0. The fourth-order valence-electron chi connectivity index (χ4n) is 20.0. The second-order valence-corrected chi connectivity index (χ2v) is 39.8. The number of nitrogens with zero attached hydrogens (tertiary/aromatic N) is 8. The van der Waals surface area contributed by atoms with Crippen LogP contribution in [0.25, 0.3) is 0 Å². The van der Waals surface area contributed by atoms with E-state index in [-0.39, 0.29) is 43.3 Å². The van der Waals surface area contributed by atoms with E-state index in [4.69, 9.17) is 78.1 Å². The molecule has 0 aromatic heterocycles. The minimum atomic E-state index is -3.17. The monoisotopic (exact) mass is 1990 g/mol. The molecule has 0 spiro atoms. The van der Waals surface area contributed by atoms with Crippen molar-refractivity contribution in [3.05, 3.63) is 190 Å². The Balaban J connectivity index is 0.000000283. The number of fused-ring (bicyclic) bond motifs is 8. The molecule has 0 saturated heterocycles. The lowest BCUT2D eigenvalue weighted by molar-refractivity contribution is -0.434. The van der Waals surface area contributed by atoms with Gasteiger partial charge in [-0.1, -0.05) is 0 Å². The summed E-state index contributed by atoms with van der Waals surface area (Å²) in [6.07, 6.45) is 0. The molecule has 8 heterocycles. The van der Waals surface area contributed by atoms with E-state index in [1.54, 1.807) is 56.9 Å². The van der Waals surface area contributed by atoms with Gasteiger partial charge in [-0.2, -0.15) is 36.6 Å². The van der Waals surface area contributed by atoms with Gasteiger partial charge in [0.25, 0.3) is 0 Å². The van der Waals surface area contributed by atoms with Crippen molar-refractivity contribution in [2.45, 2.75) is 265 Å². The summed E-state index contributed by atoms with van der Waals surface area (Å²) in [7, 11) is 1.09. The predicted octanol–water partition coefficient (Wildman–Crippen LogP) is 15.5. The Morgan fingerprint density at radius 3 is 0.326 bits per heavy atom. The summed E-state index contributed by atoms with van der Waals surface area (Å²) >= 11 is 0. The Morgan fingerprint density at radius 2 is 0.264 bits per heavy atom. The van der Waals surface area contributed by atoms with Crippen molar-refractivity contribution >= 4 is 121 Å². The summed E-state index contributed by atoms with van der Waals surface area (Å²) in [4.78, 5) is 0.